The van der Waals surface area contributed by atoms with E-state index in [1.165, 1.54) is 29.8 Å². The Labute approximate surface area is 90.8 Å². The molecule has 1 rings (SSSR count). The van der Waals surface area contributed by atoms with Crippen LogP contribution in [0, 0.1) is 6.92 Å². The van der Waals surface area contributed by atoms with Crippen LogP contribution in [-0.4, -0.2) is 11.5 Å². The first-order valence-electron chi connectivity index (χ1n) is 5.42. The molecule has 0 spiro atoms. The van der Waals surface area contributed by atoms with Crippen molar-refractivity contribution in [1.82, 2.24) is 10.3 Å². The molecule has 1 unspecified atom stereocenters. The maximum absolute atomic E-state index is 4.31. The first-order chi connectivity index (χ1) is 6.79. The molecule has 1 heterocycles. The van der Waals surface area contributed by atoms with Gasteiger partial charge in [-0.05, 0) is 19.9 Å². The lowest BCUT2D eigenvalue weighted by Crippen LogP contribution is -2.20. The fraction of sp³-hybridized carbons (Fsp3) is 0.727. The van der Waals surface area contributed by atoms with Crippen molar-refractivity contribution in [3.05, 3.63) is 16.1 Å². The van der Waals surface area contributed by atoms with Crippen LogP contribution in [0.25, 0.3) is 0 Å². The number of thiazole rings is 1. The second kappa shape index (κ2) is 6.14. The number of nitrogens with one attached hydrogen (secondary N) is 1. The number of nitrogens with zero attached hydrogens (tertiary/aromatic N) is 1. The van der Waals surface area contributed by atoms with Crippen LogP contribution in [0.5, 0.6) is 0 Å². The van der Waals surface area contributed by atoms with Crippen molar-refractivity contribution in [3.63, 3.8) is 0 Å². The van der Waals surface area contributed by atoms with E-state index in [2.05, 4.69) is 31.1 Å². The molecule has 0 aromatic carbocycles. The summed E-state index contributed by atoms with van der Waals surface area (Å²) in [5.74, 6) is 0. The summed E-state index contributed by atoms with van der Waals surface area (Å²) < 4.78 is 0. The van der Waals surface area contributed by atoms with E-state index in [0.717, 1.165) is 6.54 Å². The predicted molar refractivity (Wildman–Crippen MR) is 62.8 cm³/mol. The van der Waals surface area contributed by atoms with Crippen LogP contribution in [0.1, 0.15) is 49.7 Å². The zero-order valence-electron chi connectivity index (χ0n) is 9.34. The lowest BCUT2D eigenvalue weighted by atomic mass is 10.1. The van der Waals surface area contributed by atoms with Crippen molar-refractivity contribution in [2.75, 3.05) is 6.54 Å². The van der Waals surface area contributed by atoms with Crippen molar-refractivity contribution in [1.29, 1.82) is 0 Å². The van der Waals surface area contributed by atoms with Crippen molar-refractivity contribution in [2.24, 2.45) is 0 Å². The number of aryl methyl sites for hydroxylation is 1. The van der Waals surface area contributed by atoms with E-state index >= 15 is 0 Å². The second-order valence-corrected chi connectivity index (χ2v) is 4.44. The highest BCUT2D eigenvalue weighted by Crippen LogP contribution is 2.25. The lowest BCUT2D eigenvalue weighted by molar-refractivity contribution is 0.499. The van der Waals surface area contributed by atoms with Gasteiger partial charge < -0.3 is 5.32 Å². The summed E-state index contributed by atoms with van der Waals surface area (Å²) >= 11 is 1.77. The fourth-order valence-electron chi connectivity index (χ4n) is 1.63. The van der Waals surface area contributed by atoms with Gasteiger partial charge in [-0.1, -0.05) is 26.7 Å². The number of hydrogen-bond donors (Lipinski definition) is 1. The monoisotopic (exact) mass is 212 g/mol. The fourth-order valence-corrected chi connectivity index (χ4v) is 2.54. The van der Waals surface area contributed by atoms with Crippen LogP contribution in [0.3, 0.4) is 0 Å². The average molecular weight is 212 g/mol. The molecule has 1 aromatic heterocycles. The highest BCUT2D eigenvalue weighted by atomic mass is 32.1. The number of hydrogen-bond acceptors (Lipinski definition) is 3. The van der Waals surface area contributed by atoms with Crippen LogP contribution < -0.4 is 5.32 Å². The van der Waals surface area contributed by atoms with Crippen molar-refractivity contribution in [2.45, 2.75) is 46.1 Å². The number of unbranched alkanes of at least 4 members (excludes halogenated alkanes) is 1. The summed E-state index contributed by atoms with van der Waals surface area (Å²) in [6.45, 7) is 7.53. The molecule has 1 atom stereocenters. The summed E-state index contributed by atoms with van der Waals surface area (Å²) in [4.78, 5) is 5.72. The Kier molecular flexibility index (Phi) is 5.12. The molecule has 0 fully saturated rings. The molecule has 0 saturated carbocycles. The molecule has 1 N–H and O–H groups in total. The molecule has 0 amide bonds. The molecular weight excluding hydrogens is 192 g/mol. The van der Waals surface area contributed by atoms with Crippen molar-refractivity contribution < 1.29 is 0 Å². The molecule has 0 radical (unpaired) electrons. The molecule has 3 heteroatoms. The first-order valence-corrected chi connectivity index (χ1v) is 6.30. The zero-order valence-corrected chi connectivity index (χ0v) is 10.2. The Morgan fingerprint density at radius 1 is 1.50 bits per heavy atom. The van der Waals surface area contributed by atoms with E-state index in [-0.39, 0.29) is 0 Å². The summed E-state index contributed by atoms with van der Waals surface area (Å²) in [6, 6.07) is 0.521. The van der Waals surface area contributed by atoms with E-state index in [1.807, 2.05) is 5.51 Å². The van der Waals surface area contributed by atoms with Crippen LogP contribution in [0.4, 0.5) is 0 Å². The van der Waals surface area contributed by atoms with Crippen LogP contribution >= 0.6 is 11.3 Å². The third-order valence-electron chi connectivity index (χ3n) is 2.40. The van der Waals surface area contributed by atoms with Gasteiger partial charge in [-0.15, -0.1) is 11.3 Å². The average Bonchev–Trinajstić information content (AvgIpc) is 2.59. The van der Waals surface area contributed by atoms with E-state index < -0.39 is 0 Å². The topological polar surface area (TPSA) is 24.9 Å². The number of rotatable bonds is 6. The maximum atomic E-state index is 4.31. The maximum Gasteiger partial charge on any atom is 0.0798 e. The van der Waals surface area contributed by atoms with Gasteiger partial charge >= 0.3 is 0 Å². The van der Waals surface area contributed by atoms with Gasteiger partial charge in [0.25, 0.3) is 0 Å². The molecule has 2 nitrogen and oxygen atoms in total. The molecule has 0 saturated heterocycles. The zero-order chi connectivity index (χ0) is 10.4. The Hall–Kier alpha value is -0.410. The molecule has 0 bridgehead atoms. The van der Waals surface area contributed by atoms with Gasteiger partial charge in [0.2, 0.25) is 0 Å². The third-order valence-corrected chi connectivity index (χ3v) is 3.44. The van der Waals surface area contributed by atoms with Gasteiger partial charge in [0, 0.05) is 10.9 Å². The van der Waals surface area contributed by atoms with Crippen LogP contribution in [0.2, 0.25) is 0 Å². The van der Waals surface area contributed by atoms with Gasteiger partial charge in [0.15, 0.2) is 0 Å². The second-order valence-electron chi connectivity index (χ2n) is 3.55. The van der Waals surface area contributed by atoms with Crippen LogP contribution in [-0.2, 0) is 0 Å². The molecule has 0 aliphatic carbocycles. The van der Waals surface area contributed by atoms with Gasteiger partial charge in [-0.3, -0.25) is 0 Å². The normalized spacial score (nSPS) is 13.1. The van der Waals surface area contributed by atoms with Crippen molar-refractivity contribution >= 4 is 11.3 Å². The van der Waals surface area contributed by atoms with Gasteiger partial charge in [0.05, 0.1) is 11.2 Å². The largest absolute Gasteiger partial charge is 0.309 e. The quantitative estimate of drug-likeness (QED) is 0.782. The Morgan fingerprint density at radius 2 is 2.29 bits per heavy atom. The molecule has 0 aliphatic heterocycles. The minimum atomic E-state index is 0.521. The molecule has 80 valence electrons. The molecular formula is C11H20N2S. The van der Waals surface area contributed by atoms with E-state index in [9.17, 15) is 0 Å². The smallest absolute Gasteiger partial charge is 0.0798 e. The Morgan fingerprint density at radius 3 is 2.79 bits per heavy atom. The number of aromatic nitrogens is 1. The summed E-state index contributed by atoms with van der Waals surface area (Å²) in [5.41, 5.74) is 3.14. The third kappa shape index (κ3) is 3.07. The first kappa shape index (κ1) is 11.7. The minimum Gasteiger partial charge on any atom is -0.309 e. The molecule has 14 heavy (non-hydrogen) atoms. The molecule has 1 aromatic rings. The van der Waals surface area contributed by atoms with Gasteiger partial charge in [0.1, 0.15) is 0 Å². The highest BCUT2D eigenvalue weighted by Gasteiger charge is 2.13. The van der Waals surface area contributed by atoms with Crippen LogP contribution in [0.15, 0.2) is 5.51 Å². The standard InChI is InChI=1S/C11H20N2S/c1-4-6-7-10(12-5-2)11-9(3)13-8-14-11/h8,10,12H,4-7H2,1-3H3. The van der Waals surface area contributed by atoms with Gasteiger partial charge in [-0.2, -0.15) is 0 Å². The summed E-state index contributed by atoms with van der Waals surface area (Å²) in [6.07, 6.45) is 3.78. The van der Waals surface area contributed by atoms with E-state index in [1.54, 1.807) is 11.3 Å². The Bertz CT molecular complexity index is 258. The SMILES string of the molecule is CCCCC(NCC)c1scnc1C. The highest BCUT2D eigenvalue weighted by molar-refractivity contribution is 7.09. The van der Waals surface area contributed by atoms with Gasteiger partial charge in [-0.25, -0.2) is 4.98 Å². The lowest BCUT2D eigenvalue weighted by Gasteiger charge is -2.16. The Balaban J connectivity index is 2.62. The van der Waals surface area contributed by atoms with Crippen molar-refractivity contribution in [3.8, 4) is 0 Å². The predicted octanol–water partition coefficient (Wildman–Crippen LogP) is 3.29. The van der Waals surface area contributed by atoms with E-state index in [4.69, 9.17) is 0 Å². The van der Waals surface area contributed by atoms with E-state index in [0.29, 0.717) is 6.04 Å². The summed E-state index contributed by atoms with van der Waals surface area (Å²) in [5, 5.41) is 3.53. The minimum absolute atomic E-state index is 0.521. The molecule has 0 aliphatic rings. The summed E-state index contributed by atoms with van der Waals surface area (Å²) in [7, 11) is 0.